The number of nitrogens with two attached hydrogens (primary N) is 1. The van der Waals surface area contributed by atoms with Crippen LogP contribution in [0.4, 0.5) is 0 Å². The molecule has 1 atom stereocenters. The number of rotatable bonds is 3. The molecule has 1 aliphatic heterocycles. The Morgan fingerprint density at radius 1 is 1.35 bits per heavy atom. The Kier molecular flexibility index (Phi) is 5.62. The van der Waals surface area contributed by atoms with Gasteiger partial charge in [-0.05, 0) is 56.0 Å². The van der Waals surface area contributed by atoms with Gasteiger partial charge in [0.1, 0.15) is 0 Å². The molecule has 1 unspecified atom stereocenters. The molecule has 1 aromatic carbocycles. The van der Waals surface area contributed by atoms with Gasteiger partial charge in [0.15, 0.2) is 0 Å². The molecule has 2 N–H and O–H groups in total. The third-order valence-electron chi connectivity index (χ3n) is 4.36. The van der Waals surface area contributed by atoms with Gasteiger partial charge in [-0.15, -0.1) is 12.4 Å². The fourth-order valence-corrected chi connectivity index (χ4v) is 4.83. The van der Waals surface area contributed by atoms with E-state index in [1.54, 1.807) is 22.6 Å². The lowest BCUT2D eigenvalue weighted by Crippen LogP contribution is -2.42. The Morgan fingerprint density at radius 2 is 2.13 bits per heavy atom. The molecule has 0 aliphatic carbocycles. The third kappa shape index (κ3) is 3.35. The number of nitrogens with zero attached hydrogens (tertiary/aromatic N) is 2. The smallest absolute Gasteiger partial charge is 0.243 e. The molecule has 2 aromatic rings. The molecular weight excluding hydrogens is 334 g/mol. The molecule has 0 spiro atoms. The molecule has 1 saturated heterocycles. The van der Waals surface area contributed by atoms with Gasteiger partial charge in [-0.3, -0.25) is 4.98 Å². The summed E-state index contributed by atoms with van der Waals surface area (Å²) in [6.45, 7) is 3.54. The van der Waals surface area contributed by atoms with Gasteiger partial charge in [-0.25, -0.2) is 8.42 Å². The molecule has 1 aromatic heterocycles. The quantitative estimate of drug-likeness (QED) is 0.916. The van der Waals surface area contributed by atoms with Crippen LogP contribution < -0.4 is 5.73 Å². The number of sulfonamides is 1. The van der Waals surface area contributed by atoms with Crippen molar-refractivity contribution in [1.82, 2.24) is 9.29 Å². The maximum Gasteiger partial charge on any atom is 0.243 e. The lowest BCUT2D eigenvalue weighted by molar-refractivity contribution is 0.271. The molecule has 2 heterocycles. The highest BCUT2D eigenvalue weighted by Crippen LogP contribution is 2.29. The largest absolute Gasteiger partial charge is 0.330 e. The lowest BCUT2D eigenvalue weighted by Gasteiger charge is -2.31. The van der Waals surface area contributed by atoms with Crippen molar-refractivity contribution in [3.05, 3.63) is 36.0 Å². The Morgan fingerprint density at radius 3 is 2.87 bits per heavy atom. The molecule has 0 bridgehead atoms. The van der Waals surface area contributed by atoms with Crippen molar-refractivity contribution in [2.75, 3.05) is 19.6 Å². The topological polar surface area (TPSA) is 76.3 Å². The highest BCUT2D eigenvalue weighted by atomic mass is 35.5. The molecule has 0 amide bonds. The van der Waals surface area contributed by atoms with Gasteiger partial charge in [0.2, 0.25) is 10.0 Å². The van der Waals surface area contributed by atoms with Crippen LogP contribution in [0, 0.1) is 12.8 Å². The van der Waals surface area contributed by atoms with Crippen molar-refractivity contribution in [1.29, 1.82) is 0 Å². The number of hydrogen-bond donors (Lipinski definition) is 1. The van der Waals surface area contributed by atoms with Crippen molar-refractivity contribution < 1.29 is 8.42 Å². The lowest BCUT2D eigenvalue weighted by atomic mass is 10.0. The molecule has 0 radical (unpaired) electrons. The standard InChI is InChI=1S/C16H21N3O2S.ClH/c1-12-6-7-15(14-5-2-8-18-16(12)14)22(20,21)19-9-3-4-13(10-17)11-19;/h2,5-8,13H,3-4,9-11,17H2,1H3;1H. The minimum atomic E-state index is -3.51. The summed E-state index contributed by atoms with van der Waals surface area (Å²) in [7, 11) is -3.51. The second-order valence-electron chi connectivity index (χ2n) is 5.89. The van der Waals surface area contributed by atoms with Crippen LogP contribution >= 0.6 is 12.4 Å². The third-order valence-corrected chi connectivity index (χ3v) is 6.29. The monoisotopic (exact) mass is 355 g/mol. The first-order chi connectivity index (χ1) is 10.5. The van der Waals surface area contributed by atoms with Crippen LogP contribution in [0.3, 0.4) is 0 Å². The fourth-order valence-electron chi connectivity index (χ4n) is 3.09. The van der Waals surface area contributed by atoms with Crippen LogP contribution in [0.5, 0.6) is 0 Å². The van der Waals surface area contributed by atoms with Gasteiger partial charge >= 0.3 is 0 Å². The Labute approximate surface area is 143 Å². The maximum atomic E-state index is 13.0. The minimum Gasteiger partial charge on any atom is -0.330 e. The van der Waals surface area contributed by atoms with Crippen molar-refractivity contribution in [2.45, 2.75) is 24.7 Å². The number of pyridine rings is 1. The summed E-state index contributed by atoms with van der Waals surface area (Å²) in [5, 5.41) is 0.692. The molecule has 23 heavy (non-hydrogen) atoms. The van der Waals surface area contributed by atoms with E-state index >= 15 is 0 Å². The van der Waals surface area contributed by atoms with E-state index in [1.165, 1.54) is 0 Å². The maximum absolute atomic E-state index is 13.0. The minimum absolute atomic E-state index is 0. The molecule has 5 nitrogen and oxygen atoms in total. The highest BCUT2D eigenvalue weighted by Gasteiger charge is 2.31. The predicted octanol–water partition coefficient (Wildman–Crippen LogP) is 2.32. The van der Waals surface area contributed by atoms with Crippen molar-refractivity contribution in [3.8, 4) is 0 Å². The zero-order valence-corrected chi connectivity index (χ0v) is 14.7. The van der Waals surface area contributed by atoms with Gasteiger partial charge < -0.3 is 5.73 Å². The number of aryl methyl sites for hydroxylation is 1. The van der Waals surface area contributed by atoms with E-state index in [0.29, 0.717) is 29.9 Å². The molecule has 7 heteroatoms. The average molecular weight is 356 g/mol. The fraction of sp³-hybridized carbons (Fsp3) is 0.438. The predicted molar refractivity (Wildman–Crippen MR) is 94.3 cm³/mol. The van der Waals surface area contributed by atoms with Crippen LogP contribution in [-0.2, 0) is 10.0 Å². The zero-order chi connectivity index (χ0) is 15.7. The average Bonchev–Trinajstić information content (AvgIpc) is 2.55. The summed E-state index contributed by atoms with van der Waals surface area (Å²) in [4.78, 5) is 4.67. The highest BCUT2D eigenvalue weighted by molar-refractivity contribution is 7.89. The normalized spacial score (nSPS) is 19.5. The molecule has 1 fully saturated rings. The SMILES string of the molecule is Cc1ccc(S(=O)(=O)N2CCCC(CN)C2)c2cccnc12.Cl. The first-order valence-electron chi connectivity index (χ1n) is 7.58. The van der Waals surface area contributed by atoms with E-state index in [9.17, 15) is 8.42 Å². The van der Waals surface area contributed by atoms with Crippen LogP contribution in [0.25, 0.3) is 10.9 Å². The second-order valence-corrected chi connectivity index (χ2v) is 7.79. The molecule has 0 saturated carbocycles. The van der Waals surface area contributed by atoms with E-state index in [0.717, 1.165) is 23.9 Å². The summed E-state index contributed by atoms with van der Waals surface area (Å²) in [5.41, 5.74) is 7.45. The van der Waals surface area contributed by atoms with Crippen LogP contribution in [0.1, 0.15) is 18.4 Å². The van der Waals surface area contributed by atoms with Gasteiger partial charge in [0, 0.05) is 24.7 Å². The van der Waals surface area contributed by atoms with E-state index in [1.807, 2.05) is 19.1 Å². The van der Waals surface area contributed by atoms with Crippen LogP contribution in [0.15, 0.2) is 35.4 Å². The summed E-state index contributed by atoms with van der Waals surface area (Å²) in [5.74, 6) is 0.248. The number of halogens is 1. The Balaban J connectivity index is 0.00000192. The van der Waals surface area contributed by atoms with Crippen molar-refractivity contribution >= 4 is 33.3 Å². The van der Waals surface area contributed by atoms with E-state index in [-0.39, 0.29) is 18.3 Å². The number of fused-ring (bicyclic) bond motifs is 1. The van der Waals surface area contributed by atoms with E-state index < -0.39 is 10.0 Å². The first kappa shape index (κ1) is 18.1. The van der Waals surface area contributed by atoms with Crippen LogP contribution in [0.2, 0.25) is 0 Å². The number of piperidine rings is 1. The van der Waals surface area contributed by atoms with Gasteiger partial charge in [-0.1, -0.05) is 6.07 Å². The number of hydrogen-bond acceptors (Lipinski definition) is 4. The Hall–Kier alpha value is -1.21. The summed E-state index contributed by atoms with van der Waals surface area (Å²) >= 11 is 0. The second kappa shape index (κ2) is 7.13. The zero-order valence-electron chi connectivity index (χ0n) is 13.1. The molecule has 3 rings (SSSR count). The number of aromatic nitrogens is 1. The van der Waals surface area contributed by atoms with Gasteiger partial charge in [0.05, 0.1) is 10.4 Å². The molecule has 1 aliphatic rings. The van der Waals surface area contributed by atoms with Crippen LogP contribution in [-0.4, -0.2) is 37.3 Å². The first-order valence-corrected chi connectivity index (χ1v) is 9.02. The summed E-state index contributed by atoms with van der Waals surface area (Å²) in [6, 6.07) is 7.12. The van der Waals surface area contributed by atoms with E-state index in [2.05, 4.69) is 4.98 Å². The van der Waals surface area contributed by atoms with Gasteiger partial charge in [-0.2, -0.15) is 4.31 Å². The number of benzene rings is 1. The summed E-state index contributed by atoms with van der Waals surface area (Å²) in [6.07, 6.45) is 3.55. The molecule has 126 valence electrons. The van der Waals surface area contributed by atoms with E-state index in [4.69, 9.17) is 5.73 Å². The molecular formula is C16H22ClN3O2S. The van der Waals surface area contributed by atoms with Crippen molar-refractivity contribution in [2.24, 2.45) is 11.7 Å². The van der Waals surface area contributed by atoms with Gasteiger partial charge in [0.25, 0.3) is 0 Å². The summed E-state index contributed by atoms with van der Waals surface area (Å²) < 4.78 is 27.6. The van der Waals surface area contributed by atoms with Crippen molar-refractivity contribution in [3.63, 3.8) is 0 Å². The Bertz CT molecular complexity index is 795.